The molecule has 0 saturated carbocycles. The van der Waals surface area contributed by atoms with Crippen molar-refractivity contribution in [2.24, 2.45) is 4.99 Å². The highest BCUT2D eigenvalue weighted by molar-refractivity contribution is 7.98. The first-order valence-corrected chi connectivity index (χ1v) is 16.8. The van der Waals surface area contributed by atoms with Crippen LogP contribution in [0.2, 0.25) is 5.02 Å². The van der Waals surface area contributed by atoms with E-state index in [1.54, 1.807) is 23.3 Å². The molecular formula is C36H29ClN2O4S2. The molecule has 6 nitrogen and oxygen atoms in total. The van der Waals surface area contributed by atoms with Crippen LogP contribution < -0.4 is 19.6 Å². The Hall–Kier alpha value is -4.37. The third-order valence-electron chi connectivity index (χ3n) is 7.32. The Morgan fingerprint density at radius 2 is 1.69 bits per heavy atom. The third kappa shape index (κ3) is 6.54. The summed E-state index contributed by atoms with van der Waals surface area (Å²) in [6.07, 6.45) is 3.83. The van der Waals surface area contributed by atoms with Crippen molar-refractivity contribution < 1.29 is 14.3 Å². The van der Waals surface area contributed by atoms with Crippen LogP contribution in [0.4, 0.5) is 0 Å². The molecule has 1 atom stereocenters. The molecule has 0 spiro atoms. The van der Waals surface area contributed by atoms with E-state index in [2.05, 4.69) is 0 Å². The van der Waals surface area contributed by atoms with Crippen molar-refractivity contribution >= 4 is 52.4 Å². The van der Waals surface area contributed by atoms with Gasteiger partial charge in [-0.25, -0.2) is 9.79 Å². The van der Waals surface area contributed by atoms with Gasteiger partial charge in [0.1, 0.15) is 12.4 Å². The van der Waals surface area contributed by atoms with E-state index in [1.165, 1.54) is 11.3 Å². The lowest BCUT2D eigenvalue weighted by Gasteiger charge is -2.26. The molecule has 0 saturated heterocycles. The minimum Gasteiger partial charge on any atom is -0.488 e. The minimum atomic E-state index is -0.732. The van der Waals surface area contributed by atoms with Gasteiger partial charge in [0.05, 0.1) is 28.5 Å². The van der Waals surface area contributed by atoms with Crippen LogP contribution in [0.25, 0.3) is 11.8 Å². The Kier molecular flexibility index (Phi) is 9.35. The summed E-state index contributed by atoms with van der Waals surface area (Å²) < 4.78 is 13.8. The van der Waals surface area contributed by atoms with Crippen LogP contribution in [-0.4, -0.2) is 23.4 Å². The molecule has 6 rings (SSSR count). The van der Waals surface area contributed by atoms with Gasteiger partial charge >= 0.3 is 5.97 Å². The number of carbonyl (C=O) groups excluding carboxylic acids is 1. The minimum absolute atomic E-state index is 0.194. The lowest BCUT2D eigenvalue weighted by Crippen LogP contribution is -2.40. The van der Waals surface area contributed by atoms with E-state index in [9.17, 15) is 9.59 Å². The van der Waals surface area contributed by atoms with Gasteiger partial charge in [-0.1, -0.05) is 95.7 Å². The molecule has 226 valence electrons. The lowest BCUT2D eigenvalue weighted by atomic mass is 9.93. The Morgan fingerprint density at radius 3 is 2.40 bits per heavy atom. The molecule has 9 heteroatoms. The van der Waals surface area contributed by atoms with E-state index in [-0.39, 0.29) is 12.2 Å². The SMILES string of the molecule is CCOC(=O)C1=C(c2ccccc2)N=c2s/c(=C/c3ccccc3OCc3ccc(Cl)cc3)c(=O)n2[C@@H]1c1ccc(SC)cc1. The molecular weight excluding hydrogens is 624 g/mol. The number of ether oxygens (including phenoxy) is 2. The van der Waals surface area contributed by atoms with Gasteiger partial charge in [-0.15, -0.1) is 11.8 Å². The molecule has 0 N–H and O–H groups in total. The highest BCUT2D eigenvalue weighted by atomic mass is 35.5. The molecule has 1 aliphatic rings. The fourth-order valence-electron chi connectivity index (χ4n) is 5.16. The summed E-state index contributed by atoms with van der Waals surface area (Å²) in [5.74, 6) is 0.133. The number of esters is 1. The van der Waals surface area contributed by atoms with Crippen molar-refractivity contribution in [3.05, 3.63) is 156 Å². The summed E-state index contributed by atoms with van der Waals surface area (Å²) in [4.78, 5) is 34.4. The van der Waals surface area contributed by atoms with E-state index in [4.69, 9.17) is 26.1 Å². The van der Waals surface area contributed by atoms with Gasteiger partial charge in [0.2, 0.25) is 0 Å². The van der Waals surface area contributed by atoms with Crippen molar-refractivity contribution in [1.29, 1.82) is 0 Å². The van der Waals surface area contributed by atoms with Gasteiger partial charge in [-0.05, 0) is 60.7 Å². The quantitative estimate of drug-likeness (QED) is 0.128. The number of thiazole rings is 1. The van der Waals surface area contributed by atoms with Crippen molar-refractivity contribution in [2.45, 2.75) is 24.5 Å². The highest BCUT2D eigenvalue weighted by Gasteiger charge is 2.35. The topological polar surface area (TPSA) is 69.9 Å². The van der Waals surface area contributed by atoms with Gasteiger partial charge in [0.25, 0.3) is 5.56 Å². The summed E-state index contributed by atoms with van der Waals surface area (Å²) in [5.41, 5.74) is 3.85. The zero-order valence-corrected chi connectivity index (χ0v) is 27.0. The molecule has 0 fully saturated rings. The molecule has 5 aromatic rings. The first-order valence-electron chi connectivity index (χ1n) is 14.4. The van der Waals surface area contributed by atoms with Crippen molar-refractivity contribution in [3.63, 3.8) is 0 Å². The first kappa shape index (κ1) is 30.6. The van der Waals surface area contributed by atoms with Crippen LogP contribution in [0.15, 0.2) is 123 Å². The monoisotopic (exact) mass is 652 g/mol. The highest BCUT2D eigenvalue weighted by Crippen LogP contribution is 2.35. The number of thioether (sulfide) groups is 1. The average Bonchev–Trinajstić information content (AvgIpc) is 3.38. The molecule has 1 aromatic heterocycles. The Balaban J connectivity index is 1.51. The molecule has 1 aliphatic heterocycles. The number of rotatable bonds is 9. The molecule has 2 heterocycles. The molecule has 45 heavy (non-hydrogen) atoms. The number of hydrogen-bond acceptors (Lipinski definition) is 7. The number of hydrogen-bond donors (Lipinski definition) is 0. The normalized spacial score (nSPS) is 14.6. The van der Waals surface area contributed by atoms with Gasteiger partial charge in [0.15, 0.2) is 4.80 Å². The largest absolute Gasteiger partial charge is 0.488 e. The zero-order valence-electron chi connectivity index (χ0n) is 24.6. The summed E-state index contributed by atoms with van der Waals surface area (Å²) in [7, 11) is 0. The van der Waals surface area contributed by atoms with Crippen molar-refractivity contribution in [1.82, 2.24) is 4.57 Å². The van der Waals surface area contributed by atoms with Crippen molar-refractivity contribution in [2.75, 3.05) is 12.9 Å². The second-order valence-electron chi connectivity index (χ2n) is 10.2. The fraction of sp³-hybridized carbons (Fsp3) is 0.139. The lowest BCUT2D eigenvalue weighted by molar-refractivity contribution is -0.138. The van der Waals surface area contributed by atoms with Crippen LogP contribution >= 0.6 is 34.7 Å². The van der Waals surface area contributed by atoms with E-state index < -0.39 is 12.0 Å². The van der Waals surface area contributed by atoms with Crippen LogP contribution in [0.5, 0.6) is 5.75 Å². The maximum atomic E-state index is 14.3. The standard InChI is InChI=1S/C36H29ClN2O4S2/c1-3-42-35(41)31-32(24-9-5-4-6-10-24)38-36-39(33(31)25-15-19-28(44-2)20-16-25)34(40)30(45-36)21-26-11-7-8-12-29(26)43-22-23-13-17-27(37)18-14-23/h4-21,33H,3,22H2,1-2H3/b30-21+/t33-/m1/s1. The van der Waals surface area contributed by atoms with Crippen LogP contribution in [0.1, 0.15) is 35.2 Å². The Bertz CT molecular complexity index is 2050. The number of halogens is 1. The number of nitrogens with zero attached hydrogens (tertiary/aromatic N) is 2. The van der Waals surface area contributed by atoms with Gasteiger partial charge in [-0.3, -0.25) is 9.36 Å². The molecule has 0 bridgehead atoms. The number of aromatic nitrogens is 1. The average molecular weight is 653 g/mol. The second-order valence-corrected chi connectivity index (χ2v) is 12.5. The smallest absolute Gasteiger partial charge is 0.338 e. The predicted molar refractivity (Wildman–Crippen MR) is 182 cm³/mol. The zero-order chi connectivity index (χ0) is 31.3. The molecule has 0 amide bonds. The molecule has 4 aromatic carbocycles. The Labute approximate surface area is 274 Å². The number of fused-ring (bicyclic) bond motifs is 1. The summed E-state index contributed by atoms with van der Waals surface area (Å²) in [5, 5.41) is 0.662. The van der Waals surface area contributed by atoms with Crippen LogP contribution in [0, 0.1) is 0 Å². The summed E-state index contributed by atoms with van der Waals surface area (Å²) in [6, 6.07) is 31.8. The number of carbonyl (C=O) groups is 1. The molecule has 0 aliphatic carbocycles. The second kappa shape index (κ2) is 13.7. The molecule has 0 radical (unpaired) electrons. The van der Waals surface area contributed by atoms with Crippen molar-refractivity contribution in [3.8, 4) is 5.75 Å². The summed E-state index contributed by atoms with van der Waals surface area (Å²) >= 11 is 8.94. The first-order chi connectivity index (χ1) is 22.0. The maximum absolute atomic E-state index is 14.3. The summed E-state index contributed by atoms with van der Waals surface area (Å²) in [6.45, 7) is 2.31. The number of para-hydroxylation sites is 1. The van der Waals surface area contributed by atoms with Gasteiger partial charge in [0, 0.05) is 21.0 Å². The third-order valence-corrected chi connectivity index (χ3v) is 9.30. The van der Waals surface area contributed by atoms with Gasteiger partial charge in [-0.2, -0.15) is 0 Å². The van der Waals surface area contributed by atoms with Gasteiger partial charge < -0.3 is 9.47 Å². The van der Waals surface area contributed by atoms with E-state index >= 15 is 0 Å². The maximum Gasteiger partial charge on any atom is 0.338 e. The van der Waals surface area contributed by atoms with Crippen LogP contribution in [0.3, 0.4) is 0 Å². The predicted octanol–water partition coefficient (Wildman–Crippen LogP) is 6.89. The van der Waals surface area contributed by atoms with E-state index in [1.807, 2.05) is 115 Å². The number of benzene rings is 4. The van der Waals surface area contributed by atoms with E-state index in [0.717, 1.165) is 27.1 Å². The molecule has 0 unspecified atom stereocenters. The fourth-order valence-corrected chi connectivity index (χ4v) is 6.68. The van der Waals surface area contributed by atoms with E-state index in [0.29, 0.717) is 38.0 Å². The van der Waals surface area contributed by atoms with Crippen LogP contribution in [-0.2, 0) is 16.1 Å². The Morgan fingerprint density at radius 1 is 0.978 bits per heavy atom.